The minimum absolute atomic E-state index is 0.0358. The SMILES string of the molecule is O=C(Nc1ccccc1C(=O)N1CCCC1C(=O)C(F)(F)F)c1ccccc1. The Morgan fingerprint density at radius 1 is 0.964 bits per heavy atom. The Bertz CT molecular complexity index is 897. The third-order valence-electron chi connectivity index (χ3n) is 4.54. The molecule has 8 heteroatoms. The molecule has 2 amide bonds. The zero-order chi connectivity index (χ0) is 20.3. The van der Waals surface area contributed by atoms with E-state index in [4.69, 9.17) is 0 Å². The number of alkyl halides is 3. The third kappa shape index (κ3) is 4.05. The van der Waals surface area contributed by atoms with E-state index in [-0.39, 0.29) is 24.2 Å². The first kappa shape index (κ1) is 19.6. The number of carbonyl (C=O) groups is 3. The molecule has 1 aliphatic rings. The summed E-state index contributed by atoms with van der Waals surface area (Å²) in [6, 6.07) is 12.8. The van der Waals surface area contributed by atoms with Gasteiger partial charge < -0.3 is 10.2 Å². The normalized spacial score (nSPS) is 16.7. The predicted molar refractivity (Wildman–Crippen MR) is 96.0 cm³/mol. The van der Waals surface area contributed by atoms with Gasteiger partial charge >= 0.3 is 6.18 Å². The zero-order valence-corrected chi connectivity index (χ0v) is 14.7. The van der Waals surface area contributed by atoms with E-state index in [0.29, 0.717) is 12.0 Å². The highest BCUT2D eigenvalue weighted by Gasteiger charge is 2.48. The molecule has 5 nitrogen and oxygen atoms in total. The average molecular weight is 390 g/mol. The number of rotatable bonds is 4. The van der Waals surface area contributed by atoms with E-state index < -0.39 is 29.8 Å². The lowest BCUT2D eigenvalue weighted by molar-refractivity contribution is -0.175. The average Bonchev–Trinajstić information content (AvgIpc) is 3.16. The number of hydrogen-bond acceptors (Lipinski definition) is 3. The first-order chi connectivity index (χ1) is 13.3. The molecule has 28 heavy (non-hydrogen) atoms. The summed E-state index contributed by atoms with van der Waals surface area (Å²) in [6.45, 7) is 0.0479. The summed E-state index contributed by atoms with van der Waals surface area (Å²) in [5.74, 6) is -3.10. The number of likely N-dealkylation sites (tertiary alicyclic amines) is 1. The second-order valence-corrected chi connectivity index (χ2v) is 6.38. The summed E-state index contributed by atoms with van der Waals surface area (Å²) < 4.78 is 38.5. The molecular formula is C20H17F3N2O3. The molecule has 1 aliphatic heterocycles. The van der Waals surface area contributed by atoms with Gasteiger partial charge in [-0.25, -0.2) is 0 Å². The standard InChI is InChI=1S/C20H17F3N2O3/c21-20(22,23)17(26)16-11-6-12-25(16)19(28)14-9-4-5-10-15(14)24-18(27)13-7-2-1-3-8-13/h1-5,7-10,16H,6,11-12H2,(H,24,27). The molecule has 1 fully saturated rings. The summed E-state index contributed by atoms with van der Waals surface area (Å²) in [7, 11) is 0. The molecule has 1 unspecified atom stereocenters. The highest BCUT2D eigenvalue weighted by molar-refractivity contribution is 6.09. The number of benzene rings is 2. The molecule has 1 atom stereocenters. The Balaban J connectivity index is 1.85. The van der Waals surface area contributed by atoms with Crippen molar-refractivity contribution < 1.29 is 27.6 Å². The van der Waals surface area contributed by atoms with Crippen LogP contribution in [-0.4, -0.2) is 41.3 Å². The van der Waals surface area contributed by atoms with Crippen LogP contribution >= 0.6 is 0 Å². The third-order valence-corrected chi connectivity index (χ3v) is 4.54. The van der Waals surface area contributed by atoms with Gasteiger partial charge in [0, 0.05) is 12.1 Å². The number of amides is 2. The van der Waals surface area contributed by atoms with Crippen molar-refractivity contribution in [3.05, 3.63) is 65.7 Å². The second kappa shape index (κ2) is 7.84. The van der Waals surface area contributed by atoms with Crippen LogP contribution in [0, 0.1) is 0 Å². The Kier molecular flexibility index (Phi) is 5.48. The minimum Gasteiger partial charge on any atom is -0.328 e. The topological polar surface area (TPSA) is 66.5 Å². The van der Waals surface area contributed by atoms with Gasteiger partial charge in [0.2, 0.25) is 0 Å². The predicted octanol–water partition coefficient (Wildman–Crippen LogP) is 3.67. The van der Waals surface area contributed by atoms with Crippen LogP contribution in [0.25, 0.3) is 0 Å². The van der Waals surface area contributed by atoms with Gasteiger partial charge in [-0.15, -0.1) is 0 Å². The summed E-state index contributed by atoms with van der Waals surface area (Å²) >= 11 is 0. The van der Waals surface area contributed by atoms with Gasteiger partial charge in [-0.05, 0) is 37.1 Å². The summed E-state index contributed by atoms with van der Waals surface area (Å²) in [5, 5.41) is 2.61. The highest BCUT2D eigenvalue weighted by atomic mass is 19.4. The number of nitrogens with zero attached hydrogens (tertiary/aromatic N) is 1. The molecule has 1 heterocycles. The second-order valence-electron chi connectivity index (χ2n) is 6.38. The van der Waals surface area contributed by atoms with Crippen LogP contribution in [0.3, 0.4) is 0 Å². The summed E-state index contributed by atoms with van der Waals surface area (Å²) in [4.78, 5) is 37.9. The van der Waals surface area contributed by atoms with Crippen molar-refractivity contribution in [3.8, 4) is 0 Å². The lowest BCUT2D eigenvalue weighted by Crippen LogP contribution is -2.46. The molecule has 2 aromatic rings. The lowest BCUT2D eigenvalue weighted by Gasteiger charge is -2.25. The van der Waals surface area contributed by atoms with Crippen LogP contribution < -0.4 is 5.32 Å². The molecule has 3 rings (SSSR count). The van der Waals surface area contributed by atoms with E-state index in [1.54, 1.807) is 42.5 Å². The highest BCUT2D eigenvalue weighted by Crippen LogP contribution is 2.29. The molecule has 0 radical (unpaired) electrons. The number of para-hydroxylation sites is 1. The summed E-state index contributed by atoms with van der Waals surface area (Å²) in [6.07, 6.45) is -4.74. The quantitative estimate of drug-likeness (QED) is 0.866. The van der Waals surface area contributed by atoms with Crippen molar-refractivity contribution in [1.29, 1.82) is 0 Å². The fourth-order valence-electron chi connectivity index (χ4n) is 3.19. The maximum atomic E-state index is 12.9. The maximum absolute atomic E-state index is 12.9. The molecule has 0 aliphatic carbocycles. The number of hydrogen-bond donors (Lipinski definition) is 1. The van der Waals surface area contributed by atoms with Crippen molar-refractivity contribution in [1.82, 2.24) is 4.90 Å². The van der Waals surface area contributed by atoms with Crippen LogP contribution in [0.4, 0.5) is 18.9 Å². The van der Waals surface area contributed by atoms with Crippen LogP contribution in [0.5, 0.6) is 0 Å². The maximum Gasteiger partial charge on any atom is 0.452 e. The lowest BCUT2D eigenvalue weighted by atomic mass is 10.1. The van der Waals surface area contributed by atoms with E-state index in [1.165, 1.54) is 12.1 Å². The van der Waals surface area contributed by atoms with Gasteiger partial charge in [0.25, 0.3) is 17.6 Å². The molecule has 1 N–H and O–H groups in total. The molecule has 0 spiro atoms. The number of nitrogens with one attached hydrogen (secondary N) is 1. The Morgan fingerprint density at radius 2 is 1.61 bits per heavy atom. The number of carbonyl (C=O) groups excluding carboxylic acids is 3. The van der Waals surface area contributed by atoms with E-state index >= 15 is 0 Å². The van der Waals surface area contributed by atoms with Crippen molar-refractivity contribution in [2.75, 3.05) is 11.9 Å². The fourth-order valence-corrected chi connectivity index (χ4v) is 3.19. The van der Waals surface area contributed by atoms with Crippen LogP contribution in [0.15, 0.2) is 54.6 Å². The van der Waals surface area contributed by atoms with Gasteiger partial charge in [0.15, 0.2) is 0 Å². The van der Waals surface area contributed by atoms with Gasteiger partial charge in [0.05, 0.1) is 11.3 Å². The molecule has 1 saturated heterocycles. The zero-order valence-electron chi connectivity index (χ0n) is 14.7. The Morgan fingerprint density at radius 3 is 2.29 bits per heavy atom. The molecule has 146 valence electrons. The van der Waals surface area contributed by atoms with Crippen molar-refractivity contribution in [2.24, 2.45) is 0 Å². The van der Waals surface area contributed by atoms with E-state index in [2.05, 4.69) is 5.32 Å². The summed E-state index contributed by atoms with van der Waals surface area (Å²) in [5.41, 5.74) is 0.580. The van der Waals surface area contributed by atoms with E-state index in [1.807, 2.05) is 0 Å². The van der Waals surface area contributed by atoms with Crippen molar-refractivity contribution in [2.45, 2.75) is 25.1 Å². The van der Waals surface area contributed by atoms with Crippen LogP contribution in [0.2, 0.25) is 0 Å². The first-order valence-electron chi connectivity index (χ1n) is 8.66. The van der Waals surface area contributed by atoms with Gasteiger partial charge in [0.1, 0.15) is 6.04 Å². The number of anilines is 1. The van der Waals surface area contributed by atoms with Gasteiger partial charge in [-0.2, -0.15) is 13.2 Å². The molecule has 0 saturated carbocycles. The van der Waals surface area contributed by atoms with Crippen LogP contribution in [-0.2, 0) is 4.79 Å². The molecule has 0 bridgehead atoms. The Hall–Kier alpha value is -3.16. The van der Waals surface area contributed by atoms with E-state index in [9.17, 15) is 27.6 Å². The molecule has 2 aromatic carbocycles. The van der Waals surface area contributed by atoms with Crippen LogP contribution in [0.1, 0.15) is 33.6 Å². The molecule has 0 aromatic heterocycles. The minimum atomic E-state index is -5.01. The fraction of sp³-hybridized carbons (Fsp3) is 0.250. The number of Topliss-reactive ketones (excluding diaryl/α,β-unsaturated/α-hetero) is 1. The first-order valence-corrected chi connectivity index (χ1v) is 8.66. The van der Waals surface area contributed by atoms with Gasteiger partial charge in [-0.1, -0.05) is 30.3 Å². The largest absolute Gasteiger partial charge is 0.452 e. The Labute approximate surface area is 159 Å². The van der Waals surface area contributed by atoms with Crippen molar-refractivity contribution >= 4 is 23.3 Å². The van der Waals surface area contributed by atoms with E-state index in [0.717, 1.165) is 4.90 Å². The number of halogens is 3. The molecular weight excluding hydrogens is 373 g/mol. The van der Waals surface area contributed by atoms with Crippen molar-refractivity contribution in [3.63, 3.8) is 0 Å². The smallest absolute Gasteiger partial charge is 0.328 e. The number of ketones is 1. The van der Waals surface area contributed by atoms with Gasteiger partial charge in [-0.3, -0.25) is 14.4 Å². The monoisotopic (exact) mass is 390 g/mol.